The number of nitrogens with two attached hydrogens (primary N) is 1. The lowest BCUT2D eigenvalue weighted by Gasteiger charge is -2.17. The van der Waals surface area contributed by atoms with Crippen molar-refractivity contribution in [3.8, 4) is 0 Å². The topological polar surface area (TPSA) is 50.9 Å². The predicted molar refractivity (Wildman–Crippen MR) is 66.2 cm³/mol. The molecule has 0 saturated carbocycles. The van der Waals surface area contributed by atoms with Gasteiger partial charge in [0.25, 0.3) is 0 Å². The molecule has 0 aliphatic rings. The predicted octanol–water partition coefficient (Wildman–Crippen LogP) is 3.16. The van der Waals surface area contributed by atoms with Crippen LogP contribution < -0.4 is 11.1 Å². The lowest BCUT2D eigenvalue weighted by Crippen LogP contribution is -2.19. The number of nitrogens with one attached hydrogen (secondary N) is 1. The van der Waals surface area contributed by atoms with Gasteiger partial charge in [-0.15, -0.1) is 0 Å². The van der Waals surface area contributed by atoms with Gasteiger partial charge in [0.2, 0.25) is 0 Å². The molecule has 0 aliphatic heterocycles. The third-order valence-electron chi connectivity index (χ3n) is 2.10. The number of rotatable bonds is 4. The molecule has 1 aromatic heterocycles. The Kier molecular flexibility index (Phi) is 4.21. The number of nitrogen functional groups attached to an aromatic ring is 1. The van der Waals surface area contributed by atoms with E-state index in [1.54, 1.807) is 12.1 Å². The van der Waals surface area contributed by atoms with Crippen LogP contribution in [0.25, 0.3) is 0 Å². The maximum Gasteiger partial charge on any atom is 0.151 e. The van der Waals surface area contributed by atoms with Crippen LogP contribution in [0, 0.1) is 5.92 Å². The minimum Gasteiger partial charge on any atom is -0.396 e. The second-order valence-electron chi connectivity index (χ2n) is 4.25. The van der Waals surface area contributed by atoms with Gasteiger partial charge in [-0.25, -0.2) is 4.98 Å². The van der Waals surface area contributed by atoms with E-state index in [1.165, 1.54) is 0 Å². The second-order valence-corrected chi connectivity index (χ2v) is 4.63. The number of anilines is 2. The van der Waals surface area contributed by atoms with Crippen molar-refractivity contribution in [3.63, 3.8) is 0 Å². The Morgan fingerprint density at radius 3 is 2.67 bits per heavy atom. The van der Waals surface area contributed by atoms with E-state index in [-0.39, 0.29) is 0 Å². The van der Waals surface area contributed by atoms with Crippen molar-refractivity contribution >= 4 is 23.1 Å². The van der Waals surface area contributed by atoms with Crippen LogP contribution >= 0.6 is 11.6 Å². The largest absolute Gasteiger partial charge is 0.396 e. The number of hydrogen-bond donors (Lipinski definition) is 2. The fourth-order valence-electron chi connectivity index (χ4n) is 1.56. The molecule has 0 bridgehead atoms. The second kappa shape index (κ2) is 5.21. The smallest absolute Gasteiger partial charge is 0.151 e. The lowest BCUT2D eigenvalue weighted by molar-refractivity contribution is 0.539. The molecule has 4 heteroatoms. The molecule has 0 aliphatic carbocycles. The van der Waals surface area contributed by atoms with Crippen LogP contribution in [-0.4, -0.2) is 11.0 Å². The maximum absolute atomic E-state index is 5.80. The quantitative estimate of drug-likeness (QED) is 0.777. The van der Waals surface area contributed by atoms with Gasteiger partial charge in [0.15, 0.2) is 5.82 Å². The fraction of sp³-hybridized carbons (Fsp3) is 0.545. The van der Waals surface area contributed by atoms with E-state index >= 15 is 0 Å². The summed E-state index contributed by atoms with van der Waals surface area (Å²) in [7, 11) is 0. The number of pyridine rings is 1. The van der Waals surface area contributed by atoms with Crippen molar-refractivity contribution in [1.82, 2.24) is 4.98 Å². The summed E-state index contributed by atoms with van der Waals surface area (Å²) in [6.45, 7) is 6.49. The van der Waals surface area contributed by atoms with Crippen LogP contribution in [0.3, 0.4) is 0 Å². The summed E-state index contributed by atoms with van der Waals surface area (Å²) in [5.74, 6) is 1.32. The van der Waals surface area contributed by atoms with Gasteiger partial charge < -0.3 is 11.1 Å². The Labute approximate surface area is 96.0 Å². The molecule has 1 heterocycles. The minimum atomic E-state index is 0.346. The zero-order chi connectivity index (χ0) is 11.4. The molecule has 0 amide bonds. The molecule has 1 unspecified atom stereocenters. The van der Waals surface area contributed by atoms with Crippen molar-refractivity contribution in [3.05, 3.63) is 17.3 Å². The van der Waals surface area contributed by atoms with Gasteiger partial charge in [-0.2, -0.15) is 0 Å². The highest BCUT2D eigenvalue weighted by molar-refractivity contribution is 6.29. The van der Waals surface area contributed by atoms with Crippen molar-refractivity contribution in [1.29, 1.82) is 0 Å². The van der Waals surface area contributed by atoms with E-state index in [0.29, 0.717) is 28.6 Å². The SMILES string of the molecule is CC(C)CC(C)Nc1nc(Cl)ccc1N. The summed E-state index contributed by atoms with van der Waals surface area (Å²) >= 11 is 5.80. The van der Waals surface area contributed by atoms with Crippen LogP contribution in [0.4, 0.5) is 11.5 Å². The molecule has 0 saturated heterocycles. The van der Waals surface area contributed by atoms with E-state index in [9.17, 15) is 0 Å². The zero-order valence-corrected chi connectivity index (χ0v) is 10.2. The third kappa shape index (κ3) is 3.96. The molecule has 0 aromatic carbocycles. The van der Waals surface area contributed by atoms with E-state index in [1.807, 2.05) is 0 Å². The first-order valence-corrected chi connectivity index (χ1v) is 5.55. The molecular weight excluding hydrogens is 210 g/mol. The van der Waals surface area contributed by atoms with E-state index in [0.717, 1.165) is 6.42 Å². The van der Waals surface area contributed by atoms with Gasteiger partial charge in [0, 0.05) is 6.04 Å². The molecule has 1 atom stereocenters. The zero-order valence-electron chi connectivity index (χ0n) is 9.42. The molecular formula is C11H18ClN3. The van der Waals surface area contributed by atoms with E-state index in [2.05, 4.69) is 31.1 Å². The molecule has 15 heavy (non-hydrogen) atoms. The first-order valence-electron chi connectivity index (χ1n) is 5.17. The summed E-state index contributed by atoms with van der Waals surface area (Å²) in [6.07, 6.45) is 1.08. The first kappa shape index (κ1) is 12.1. The Morgan fingerprint density at radius 2 is 2.07 bits per heavy atom. The van der Waals surface area contributed by atoms with E-state index < -0.39 is 0 Å². The fourth-order valence-corrected chi connectivity index (χ4v) is 1.71. The summed E-state index contributed by atoms with van der Waals surface area (Å²) in [5.41, 5.74) is 6.42. The van der Waals surface area contributed by atoms with Crippen LogP contribution in [0.1, 0.15) is 27.2 Å². The number of nitrogens with zero attached hydrogens (tertiary/aromatic N) is 1. The summed E-state index contributed by atoms with van der Waals surface area (Å²) < 4.78 is 0. The highest BCUT2D eigenvalue weighted by Crippen LogP contribution is 2.20. The molecule has 0 fully saturated rings. The number of hydrogen-bond acceptors (Lipinski definition) is 3. The van der Waals surface area contributed by atoms with Crippen LogP contribution in [0.2, 0.25) is 5.15 Å². The molecule has 1 rings (SSSR count). The summed E-state index contributed by atoms with van der Waals surface area (Å²) in [5, 5.41) is 3.72. The minimum absolute atomic E-state index is 0.346. The summed E-state index contributed by atoms with van der Waals surface area (Å²) in [4.78, 5) is 4.15. The summed E-state index contributed by atoms with van der Waals surface area (Å²) in [6, 6.07) is 3.80. The Bertz CT molecular complexity index is 326. The van der Waals surface area contributed by atoms with Gasteiger partial charge in [-0.3, -0.25) is 0 Å². The van der Waals surface area contributed by atoms with E-state index in [4.69, 9.17) is 17.3 Å². The molecule has 1 aromatic rings. The van der Waals surface area contributed by atoms with Crippen molar-refractivity contribution in [2.75, 3.05) is 11.1 Å². The van der Waals surface area contributed by atoms with Crippen molar-refractivity contribution in [2.45, 2.75) is 33.2 Å². The van der Waals surface area contributed by atoms with Crippen LogP contribution in [-0.2, 0) is 0 Å². The standard InChI is InChI=1S/C11H18ClN3/c1-7(2)6-8(3)14-11-9(13)4-5-10(12)15-11/h4-5,7-8H,6,13H2,1-3H3,(H,14,15). The van der Waals surface area contributed by atoms with Crippen molar-refractivity contribution < 1.29 is 0 Å². The van der Waals surface area contributed by atoms with Gasteiger partial charge >= 0.3 is 0 Å². The Hall–Kier alpha value is -0.960. The third-order valence-corrected chi connectivity index (χ3v) is 2.31. The van der Waals surface area contributed by atoms with Gasteiger partial charge in [0.1, 0.15) is 5.15 Å². The first-order chi connectivity index (χ1) is 6.99. The van der Waals surface area contributed by atoms with Gasteiger partial charge in [-0.1, -0.05) is 25.4 Å². The maximum atomic E-state index is 5.80. The Morgan fingerprint density at radius 1 is 1.40 bits per heavy atom. The molecule has 0 spiro atoms. The highest BCUT2D eigenvalue weighted by atomic mass is 35.5. The van der Waals surface area contributed by atoms with Crippen LogP contribution in [0.15, 0.2) is 12.1 Å². The molecule has 84 valence electrons. The van der Waals surface area contributed by atoms with Gasteiger partial charge in [-0.05, 0) is 31.4 Å². The average molecular weight is 228 g/mol. The Balaban J connectivity index is 2.67. The highest BCUT2D eigenvalue weighted by Gasteiger charge is 2.08. The average Bonchev–Trinajstić information content (AvgIpc) is 2.10. The van der Waals surface area contributed by atoms with Gasteiger partial charge in [0.05, 0.1) is 5.69 Å². The normalized spacial score (nSPS) is 12.9. The number of aromatic nitrogens is 1. The lowest BCUT2D eigenvalue weighted by atomic mass is 10.1. The molecule has 3 N–H and O–H groups in total. The monoisotopic (exact) mass is 227 g/mol. The number of halogens is 1. The van der Waals surface area contributed by atoms with Crippen molar-refractivity contribution in [2.24, 2.45) is 5.92 Å². The molecule has 3 nitrogen and oxygen atoms in total. The van der Waals surface area contributed by atoms with Crippen LogP contribution in [0.5, 0.6) is 0 Å². The molecule has 0 radical (unpaired) electrons.